The first-order valence-electron chi connectivity index (χ1n) is 7.03. The Labute approximate surface area is 124 Å². The highest BCUT2D eigenvalue weighted by molar-refractivity contribution is 7.92. The third-order valence-corrected chi connectivity index (χ3v) is 6.52. The molecule has 3 nitrogen and oxygen atoms in total. The highest BCUT2D eigenvalue weighted by atomic mass is 32.2. The maximum Gasteiger partial charge on any atom is 0.185 e. The summed E-state index contributed by atoms with van der Waals surface area (Å²) in [5.41, 5.74) is -0.130. The Hall–Kier alpha value is -1.01. The molecule has 21 heavy (non-hydrogen) atoms. The molecular weight excluding hydrogens is 296 g/mol. The van der Waals surface area contributed by atoms with E-state index in [4.69, 9.17) is 0 Å². The molecule has 1 aliphatic rings. The minimum Gasteiger partial charge on any atom is -0.316 e. The van der Waals surface area contributed by atoms with Gasteiger partial charge in [0.15, 0.2) is 9.84 Å². The average Bonchev–Trinajstić information content (AvgIpc) is 2.40. The van der Waals surface area contributed by atoms with E-state index in [1.807, 2.05) is 13.8 Å². The van der Waals surface area contributed by atoms with Crippen LogP contribution < -0.4 is 5.32 Å². The van der Waals surface area contributed by atoms with Gasteiger partial charge in [-0.1, -0.05) is 13.8 Å². The van der Waals surface area contributed by atoms with Crippen LogP contribution in [0.3, 0.4) is 0 Å². The molecule has 1 N–H and O–H groups in total. The minimum atomic E-state index is -3.93. The fourth-order valence-corrected chi connectivity index (χ4v) is 5.35. The lowest BCUT2D eigenvalue weighted by molar-refractivity contribution is 0.213. The third kappa shape index (κ3) is 3.26. The zero-order valence-electron chi connectivity index (χ0n) is 12.5. The van der Waals surface area contributed by atoms with Crippen molar-refractivity contribution in [1.82, 2.24) is 5.32 Å². The lowest BCUT2D eigenvalue weighted by Crippen LogP contribution is -2.49. The summed E-state index contributed by atoms with van der Waals surface area (Å²) in [5.74, 6) is -1.64. The maximum absolute atomic E-state index is 13.9. The molecule has 0 amide bonds. The van der Waals surface area contributed by atoms with Crippen LogP contribution in [0.25, 0.3) is 0 Å². The van der Waals surface area contributed by atoms with Crippen molar-refractivity contribution < 1.29 is 17.2 Å². The standard InChI is InChI=1S/C15H21F2NO2S/c1-15(2)7-6-12(18-3)14(9-15)21(19,20)13-8-10(16)4-5-11(13)17/h4-5,8,12,14,18H,6-7,9H2,1-3H3. The topological polar surface area (TPSA) is 46.2 Å². The quantitative estimate of drug-likeness (QED) is 0.932. The van der Waals surface area contributed by atoms with Gasteiger partial charge in [0.2, 0.25) is 0 Å². The van der Waals surface area contributed by atoms with Crippen molar-refractivity contribution in [2.75, 3.05) is 7.05 Å². The van der Waals surface area contributed by atoms with Gasteiger partial charge in [-0.3, -0.25) is 0 Å². The first kappa shape index (κ1) is 16.4. The molecule has 1 saturated carbocycles. The fraction of sp³-hybridized carbons (Fsp3) is 0.600. The van der Waals surface area contributed by atoms with Gasteiger partial charge in [0.1, 0.15) is 16.5 Å². The minimum absolute atomic E-state index is 0.130. The fourth-order valence-electron chi connectivity index (χ4n) is 3.04. The van der Waals surface area contributed by atoms with Gasteiger partial charge in [-0.15, -0.1) is 0 Å². The van der Waals surface area contributed by atoms with E-state index < -0.39 is 31.6 Å². The van der Waals surface area contributed by atoms with Gasteiger partial charge in [0.25, 0.3) is 0 Å². The van der Waals surface area contributed by atoms with Gasteiger partial charge in [0, 0.05) is 6.04 Å². The number of nitrogens with one attached hydrogen (secondary N) is 1. The van der Waals surface area contributed by atoms with Crippen molar-refractivity contribution >= 4 is 9.84 Å². The monoisotopic (exact) mass is 317 g/mol. The van der Waals surface area contributed by atoms with Crippen molar-refractivity contribution in [3.8, 4) is 0 Å². The number of benzene rings is 1. The molecule has 1 aliphatic carbocycles. The predicted octanol–water partition coefficient (Wildman–Crippen LogP) is 2.91. The van der Waals surface area contributed by atoms with Gasteiger partial charge in [0.05, 0.1) is 5.25 Å². The van der Waals surface area contributed by atoms with Crippen LogP contribution in [0.4, 0.5) is 8.78 Å². The van der Waals surface area contributed by atoms with Crippen LogP contribution in [0.5, 0.6) is 0 Å². The Morgan fingerprint density at radius 1 is 1.29 bits per heavy atom. The van der Waals surface area contributed by atoms with Crippen LogP contribution in [0.1, 0.15) is 33.1 Å². The molecule has 2 atom stereocenters. The van der Waals surface area contributed by atoms with Gasteiger partial charge in [-0.25, -0.2) is 17.2 Å². The molecule has 1 aromatic rings. The molecule has 0 aliphatic heterocycles. The van der Waals surface area contributed by atoms with Crippen LogP contribution in [0, 0.1) is 17.0 Å². The predicted molar refractivity (Wildman–Crippen MR) is 77.8 cm³/mol. The molecule has 0 aromatic heterocycles. The zero-order chi connectivity index (χ0) is 15.8. The van der Waals surface area contributed by atoms with Crippen LogP contribution >= 0.6 is 0 Å². The van der Waals surface area contributed by atoms with Crippen molar-refractivity contribution in [2.24, 2.45) is 5.41 Å². The van der Waals surface area contributed by atoms with E-state index in [-0.39, 0.29) is 11.5 Å². The molecule has 118 valence electrons. The maximum atomic E-state index is 13.9. The number of hydrogen-bond acceptors (Lipinski definition) is 3. The molecule has 0 bridgehead atoms. The summed E-state index contributed by atoms with van der Waals surface area (Å²) in [7, 11) is -2.22. The molecule has 1 aromatic carbocycles. The lowest BCUT2D eigenvalue weighted by Gasteiger charge is -2.40. The molecular formula is C15H21F2NO2S. The van der Waals surface area contributed by atoms with E-state index >= 15 is 0 Å². The summed E-state index contributed by atoms with van der Waals surface area (Å²) >= 11 is 0. The first-order chi connectivity index (χ1) is 9.67. The molecule has 0 spiro atoms. The molecule has 0 radical (unpaired) electrons. The Balaban J connectivity index is 2.47. The summed E-state index contributed by atoms with van der Waals surface area (Å²) in [6.45, 7) is 4.01. The summed E-state index contributed by atoms with van der Waals surface area (Å²) in [4.78, 5) is -0.537. The SMILES string of the molecule is CNC1CCC(C)(C)CC1S(=O)(=O)c1cc(F)ccc1F. The van der Waals surface area contributed by atoms with E-state index in [0.29, 0.717) is 12.8 Å². The summed E-state index contributed by atoms with van der Waals surface area (Å²) in [6.07, 6.45) is 2.03. The molecule has 2 rings (SSSR count). The van der Waals surface area contributed by atoms with Gasteiger partial charge in [-0.05, 0) is 49.9 Å². The number of sulfone groups is 1. The summed E-state index contributed by atoms with van der Waals surface area (Å²) < 4.78 is 52.7. The van der Waals surface area contributed by atoms with E-state index in [0.717, 1.165) is 24.6 Å². The Bertz CT molecular complexity index is 629. The zero-order valence-corrected chi connectivity index (χ0v) is 13.3. The van der Waals surface area contributed by atoms with Crippen molar-refractivity contribution in [2.45, 2.75) is 49.3 Å². The second kappa shape index (κ2) is 5.65. The molecule has 1 fully saturated rings. The second-order valence-corrected chi connectivity index (χ2v) is 8.60. The largest absolute Gasteiger partial charge is 0.316 e. The van der Waals surface area contributed by atoms with E-state index in [9.17, 15) is 17.2 Å². The number of hydrogen-bond donors (Lipinski definition) is 1. The normalized spacial score (nSPS) is 25.8. The van der Waals surface area contributed by atoms with Crippen LogP contribution in [0.15, 0.2) is 23.1 Å². The number of halogens is 2. The first-order valence-corrected chi connectivity index (χ1v) is 8.58. The molecule has 6 heteroatoms. The van der Waals surface area contributed by atoms with Crippen LogP contribution in [0.2, 0.25) is 0 Å². The van der Waals surface area contributed by atoms with Crippen molar-refractivity contribution in [3.63, 3.8) is 0 Å². The van der Waals surface area contributed by atoms with Crippen LogP contribution in [-0.2, 0) is 9.84 Å². The highest BCUT2D eigenvalue weighted by Crippen LogP contribution is 2.40. The lowest BCUT2D eigenvalue weighted by atomic mass is 9.75. The van der Waals surface area contributed by atoms with Gasteiger partial charge in [-0.2, -0.15) is 0 Å². The smallest absolute Gasteiger partial charge is 0.185 e. The van der Waals surface area contributed by atoms with E-state index in [2.05, 4.69) is 5.32 Å². The summed E-state index contributed by atoms with van der Waals surface area (Å²) in [6, 6.07) is 2.32. The van der Waals surface area contributed by atoms with E-state index in [1.54, 1.807) is 7.05 Å². The number of rotatable bonds is 3. The van der Waals surface area contributed by atoms with Crippen molar-refractivity contribution in [1.29, 1.82) is 0 Å². The molecule has 0 saturated heterocycles. The summed E-state index contributed by atoms with van der Waals surface area (Å²) in [5, 5.41) is 2.26. The molecule has 0 heterocycles. The molecule has 2 unspecified atom stereocenters. The highest BCUT2D eigenvalue weighted by Gasteiger charge is 2.43. The van der Waals surface area contributed by atoms with Gasteiger partial charge >= 0.3 is 0 Å². The Morgan fingerprint density at radius 2 is 1.95 bits per heavy atom. The van der Waals surface area contributed by atoms with Gasteiger partial charge < -0.3 is 5.32 Å². The van der Waals surface area contributed by atoms with Crippen LogP contribution in [-0.4, -0.2) is 26.8 Å². The van der Waals surface area contributed by atoms with E-state index in [1.165, 1.54) is 0 Å². The Kier molecular flexibility index (Phi) is 4.40. The third-order valence-electron chi connectivity index (χ3n) is 4.30. The average molecular weight is 317 g/mol. The van der Waals surface area contributed by atoms with Crippen molar-refractivity contribution in [3.05, 3.63) is 29.8 Å². The Morgan fingerprint density at radius 3 is 2.57 bits per heavy atom. The second-order valence-electron chi connectivity index (χ2n) is 6.46.